The molecule has 28 heavy (non-hydrogen) atoms. The molecule has 2 rings (SSSR count). The number of ether oxygens (including phenoxy) is 1. The van der Waals surface area contributed by atoms with E-state index in [9.17, 15) is 13.2 Å². The summed E-state index contributed by atoms with van der Waals surface area (Å²) in [6, 6.07) is 5.54. The van der Waals surface area contributed by atoms with Crippen molar-refractivity contribution in [3.05, 3.63) is 35.4 Å². The van der Waals surface area contributed by atoms with Crippen molar-refractivity contribution in [3.8, 4) is 0 Å². The molecule has 1 aliphatic heterocycles. The summed E-state index contributed by atoms with van der Waals surface area (Å²) in [4.78, 5) is 6.64. The van der Waals surface area contributed by atoms with E-state index < -0.39 is 11.7 Å². The van der Waals surface area contributed by atoms with E-state index >= 15 is 0 Å². The van der Waals surface area contributed by atoms with Crippen LogP contribution in [0.3, 0.4) is 0 Å². The van der Waals surface area contributed by atoms with Gasteiger partial charge >= 0.3 is 6.18 Å². The zero-order valence-electron chi connectivity index (χ0n) is 16.5. The lowest BCUT2D eigenvalue weighted by atomic mass is 9.84. The number of benzene rings is 1. The van der Waals surface area contributed by atoms with E-state index in [2.05, 4.69) is 15.2 Å². The van der Waals surface area contributed by atoms with Crippen molar-refractivity contribution in [3.63, 3.8) is 0 Å². The highest BCUT2D eigenvalue weighted by atomic mass is 127. The Morgan fingerprint density at radius 1 is 1.36 bits per heavy atom. The van der Waals surface area contributed by atoms with Crippen LogP contribution in [0.15, 0.2) is 29.3 Å². The van der Waals surface area contributed by atoms with Gasteiger partial charge in [-0.3, -0.25) is 9.89 Å². The number of hydrogen-bond donors (Lipinski definition) is 2. The zero-order chi connectivity index (χ0) is 20.0. The molecule has 1 fully saturated rings. The summed E-state index contributed by atoms with van der Waals surface area (Å²) < 4.78 is 43.5. The average Bonchev–Trinajstić information content (AvgIpc) is 2.59. The van der Waals surface area contributed by atoms with Gasteiger partial charge in [-0.05, 0) is 57.0 Å². The van der Waals surface area contributed by atoms with Crippen LogP contribution < -0.4 is 11.1 Å². The van der Waals surface area contributed by atoms with Gasteiger partial charge in [-0.25, -0.2) is 0 Å². The lowest BCUT2D eigenvalue weighted by Gasteiger charge is -2.39. The summed E-state index contributed by atoms with van der Waals surface area (Å²) in [6.07, 6.45) is -2.33. The lowest BCUT2D eigenvalue weighted by Crippen LogP contribution is -2.42. The second kappa shape index (κ2) is 11.2. The highest BCUT2D eigenvalue weighted by molar-refractivity contribution is 14.0. The summed E-state index contributed by atoms with van der Waals surface area (Å²) in [7, 11) is 3.62. The number of alkyl halides is 3. The van der Waals surface area contributed by atoms with E-state index in [1.54, 1.807) is 19.2 Å². The van der Waals surface area contributed by atoms with E-state index in [0.29, 0.717) is 19.1 Å². The molecule has 0 bridgehead atoms. The van der Waals surface area contributed by atoms with Crippen molar-refractivity contribution in [1.29, 1.82) is 0 Å². The molecule has 0 spiro atoms. The molecule has 1 aliphatic rings. The molecule has 1 aromatic rings. The Hall–Kier alpha value is -1.07. The predicted octanol–water partition coefficient (Wildman–Crippen LogP) is 3.65. The first-order chi connectivity index (χ1) is 12.7. The molecule has 9 heteroatoms. The Morgan fingerprint density at radius 3 is 2.57 bits per heavy atom. The molecule has 3 N–H and O–H groups in total. The third-order valence-corrected chi connectivity index (χ3v) is 4.89. The normalized spacial score (nSPS) is 22.4. The van der Waals surface area contributed by atoms with Gasteiger partial charge in [0, 0.05) is 25.7 Å². The summed E-state index contributed by atoms with van der Waals surface area (Å²) in [5, 5.41) is 3.07. The highest BCUT2D eigenvalue weighted by Gasteiger charge is 2.33. The topological polar surface area (TPSA) is 62.9 Å². The van der Waals surface area contributed by atoms with Crippen LogP contribution in [0, 0.1) is 5.92 Å². The van der Waals surface area contributed by atoms with Gasteiger partial charge in [0.25, 0.3) is 0 Å². The highest BCUT2D eigenvalue weighted by Crippen LogP contribution is 2.37. The van der Waals surface area contributed by atoms with Crippen molar-refractivity contribution in [2.75, 3.05) is 33.9 Å². The number of likely N-dealkylation sites (tertiary alicyclic amines) is 1. The quantitative estimate of drug-likeness (QED) is 0.346. The lowest BCUT2D eigenvalue weighted by molar-refractivity contribution is -0.137. The van der Waals surface area contributed by atoms with E-state index in [1.165, 1.54) is 0 Å². The largest absolute Gasteiger partial charge is 0.416 e. The smallest absolute Gasteiger partial charge is 0.383 e. The van der Waals surface area contributed by atoms with Crippen molar-refractivity contribution in [2.45, 2.75) is 38.0 Å². The van der Waals surface area contributed by atoms with Crippen LogP contribution in [0.1, 0.15) is 36.9 Å². The molecular formula is C19H30F3IN4O. The fourth-order valence-electron chi connectivity index (χ4n) is 3.65. The fraction of sp³-hybridized carbons (Fsp3) is 0.632. The molecule has 0 amide bonds. The van der Waals surface area contributed by atoms with Crippen LogP contribution in [0.2, 0.25) is 0 Å². The van der Waals surface area contributed by atoms with Crippen LogP contribution in [0.25, 0.3) is 0 Å². The number of halogens is 4. The van der Waals surface area contributed by atoms with Crippen molar-refractivity contribution < 1.29 is 17.9 Å². The summed E-state index contributed by atoms with van der Waals surface area (Å²) in [5.74, 6) is 0.553. The molecule has 3 unspecified atom stereocenters. The molecular weight excluding hydrogens is 484 g/mol. The van der Waals surface area contributed by atoms with Gasteiger partial charge < -0.3 is 15.8 Å². The number of piperidine rings is 1. The number of nitrogens with zero attached hydrogens (tertiary/aromatic N) is 2. The van der Waals surface area contributed by atoms with Gasteiger partial charge in [-0.15, -0.1) is 24.0 Å². The molecule has 160 valence electrons. The van der Waals surface area contributed by atoms with E-state index in [0.717, 1.165) is 37.1 Å². The van der Waals surface area contributed by atoms with Crippen LogP contribution in [-0.2, 0) is 10.9 Å². The SMILES string of the molecule is COCC(C)NC(N)=NCC1CCCN(C)C1c1ccc(C(F)(F)F)cc1.I. The zero-order valence-corrected chi connectivity index (χ0v) is 18.8. The first kappa shape index (κ1) is 25.0. The monoisotopic (exact) mass is 514 g/mol. The molecule has 1 heterocycles. The van der Waals surface area contributed by atoms with Gasteiger partial charge in [-0.2, -0.15) is 13.2 Å². The number of nitrogens with two attached hydrogens (primary N) is 1. The van der Waals surface area contributed by atoms with Crippen molar-refractivity contribution in [1.82, 2.24) is 10.2 Å². The second-order valence-corrected chi connectivity index (χ2v) is 7.17. The molecule has 0 aliphatic carbocycles. The van der Waals surface area contributed by atoms with Crippen LogP contribution in [-0.4, -0.2) is 50.8 Å². The van der Waals surface area contributed by atoms with Gasteiger partial charge in [0.2, 0.25) is 0 Å². The Labute approximate surface area is 181 Å². The van der Waals surface area contributed by atoms with Gasteiger partial charge in [0.15, 0.2) is 5.96 Å². The molecule has 3 atom stereocenters. The number of nitrogens with one attached hydrogen (secondary N) is 1. The maximum atomic E-state index is 12.8. The van der Waals surface area contributed by atoms with Crippen LogP contribution in [0.5, 0.6) is 0 Å². The van der Waals surface area contributed by atoms with Gasteiger partial charge in [0.05, 0.1) is 12.2 Å². The first-order valence-electron chi connectivity index (χ1n) is 9.15. The number of hydrogen-bond acceptors (Lipinski definition) is 3. The first-order valence-corrected chi connectivity index (χ1v) is 9.15. The van der Waals surface area contributed by atoms with Crippen LogP contribution >= 0.6 is 24.0 Å². The summed E-state index contributed by atoms with van der Waals surface area (Å²) in [6.45, 7) is 3.90. The molecule has 0 radical (unpaired) electrons. The summed E-state index contributed by atoms with van der Waals surface area (Å²) >= 11 is 0. The van der Waals surface area contributed by atoms with Crippen LogP contribution in [0.4, 0.5) is 13.2 Å². The third-order valence-electron chi connectivity index (χ3n) is 4.89. The fourth-order valence-corrected chi connectivity index (χ4v) is 3.65. The van der Waals surface area contributed by atoms with Crippen molar-refractivity contribution >= 4 is 29.9 Å². The summed E-state index contributed by atoms with van der Waals surface area (Å²) in [5.41, 5.74) is 6.21. The molecule has 0 saturated carbocycles. The number of rotatable bonds is 6. The minimum absolute atomic E-state index is 0. The Kier molecular flexibility index (Phi) is 9.99. The van der Waals surface area contributed by atoms with Gasteiger partial charge in [-0.1, -0.05) is 12.1 Å². The number of methoxy groups -OCH3 is 1. The predicted molar refractivity (Wildman–Crippen MR) is 116 cm³/mol. The molecule has 1 saturated heterocycles. The molecule has 5 nitrogen and oxygen atoms in total. The third kappa shape index (κ3) is 7.07. The van der Waals surface area contributed by atoms with Gasteiger partial charge in [0.1, 0.15) is 0 Å². The second-order valence-electron chi connectivity index (χ2n) is 7.17. The standard InChI is InChI=1S/C19H29F3N4O.HI/c1-13(12-27-3)25-18(23)24-11-15-5-4-10-26(2)17(15)14-6-8-16(9-7-14)19(20,21)22;/h6-9,13,15,17H,4-5,10-12H2,1-3H3,(H3,23,24,25);1H. The van der Waals surface area contributed by atoms with Crippen molar-refractivity contribution in [2.24, 2.45) is 16.6 Å². The average molecular weight is 514 g/mol. The minimum atomic E-state index is -4.32. The Bertz CT molecular complexity index is 625. The Morgan fingerprint density at radius 2 is 2.00 bits per heavy atom. The minimum Gasteiger partial charge on any atom is -0.383 e. The maximum Gasteiger partial charge on any atom is 0.416 e. The molecule has 0 aromatic heterocycles. The number of aliphatic imine (C=N–C) groups is 1. The van der Waals surface area contributed by atoms with E-state index in [1.807, 2.05) is 14.0 Å². The number of guanidine groups is 1. The maximum absolute atomic E-state index is 12.8. The Balaban J connectivity index is 0.00000392. The molecule has 1 aromatic carbocycles. The van der Waals surface area contributed by atoms with E-state index in [4.69, 9.17) is 10.5 Å². The van der Waals surface area contributed by atoms with E-state index in [-0.39, 0.29) is 42.0 Å².